The van der Waals surface area contributed by atoms with Gasteiger partial charge in [-0.1, -0.05) is 114 Å². The van der Waals surface area contributed by atoms with Gasteiger partial charge >= 0.3 is 0 Å². The van der Waals surface area contributed by atoms with Crippen LogP contribution in [0.3, 0.4) is 0 Å². The molecule has 0 radical (unpaired) electrons. The molecule has 6 aliphatic rings. The summed E-state index contributed by atoms with van der Waals surface area (Å²) in [5.41, 5.74) is 4.82. The van der Waals surface area contributed by atoms with Crippen molar-refractivity contribution < 1.29 is 0 Å². The zero-order chi connectivity index (χ0) is 27.7. The van der Waals surface area contributed by atoms with Crippen molar-refractivity contribution >= 4 is 6.08 Å². The maximum absolute atomic E-state index is 3.69. The zero-order valence-corrected chi connectivity index (χ0v) is 25.8. The highest BCUT2D eigenvalue weighted by Gasteiger charge is 2.49. The van der Waals surface area contributed by atoms with E-state index in [-0.39, 0.29) is 0 Å². The van der Waals surface area contributed by atoms with Gasteiger partial charge in [-0.05, 0) is 128 Å². The molecule has 39 heavy (non-hydrogen) atoms. The van der Waals surface area contributed by atoms with E-state index in [1.54, 1.807) is 64.2 Å². The maximum Gasteiger partial charge on any atom is -0.0262 e. The Hall–Kier alpha value is -1.82. The summed E-state index contributed by atoms with van der Waals surface area (Å²) in [5, 5.41) is 0. The van der Waals surface area contributed by atoms with E-state index in [1.165, 1.54) is 29.5 Å². The van der Waals surface area contributed by atoms with Crippen molar-refractivity contribution in [3.05, 3.63) is 77.9 Å². The Kier molecular flexibility index (Phi) is 11.4. The molecule has 0 aromatic heterocycles. The van der Waals surface area contributed by atoms with Gasteiger partial charge in [-0.2, -0.15) is 0 Å². The Balaban J connectivity index is 0.000000122. The lowest BCUT2D eigenvalue weighted by Crippen LogP contribution is -2.45. The van der Waals surface area contributed by atoms with Gasteiger partial charge in [0.15, 0.2) is 0 Å². The number of rotatable bonds is 5. The predicted octanol–water partition coefficient (Wildman–Crippen LogP) is 11.6. The third-order valence-corrected chi connectivity index (χ3v) is 11.2. The Labute approximate surface area is 242 Å². The lowest BCUT2D eigenvalue weighted by Gasteiger charge is -2.56. The molecule has 0 heteroatoms. The van der Waals surface area contributed by atoms with E-state index in [0.717, 1.165) is 53.8 Å². The van der Waals surface area contributed by atoms with Gasteiger partial charge in [-0.3, -0.25) is 0 Å². The molecule has 214 valence electrons. The average Bonchev–Trinajstić information content (AvgIpc) is 3.62. The highest BCUT2D eigenvalue weighted by atomic mass is 14.5. The summed E-state index contributed by atoms with van der Waals surface area (Å²) in [6.45, 7) is 12.8. The number of aryl methyl sites for hydroxylation is 2. The molecule has 0 amide bonds. The maximum atomic E-state index is 3.69. The fraction of sp³-hybridized carbons (Fsp3) is 0.641. The van der Waals surface area contributed by atoms with Gasteiger partial charge in [0.25, 0.3) is 0 Å². The summed E-state index contributed by atoms with van der Waals surface area (Å²) in [7, 11) is 0. The Morgan fingerprint density at radius 1 is 0.667 bits per heavy atom. The smallest absolute Gasteiger partial charge is 0.0262 e. The minimum absolute atomic E-state index is 0.842. The molecule has 0 spiro atoms. The van der Waals surface area contributed by atoms with Crippen LogP contribution in [-0.2, 0) is 12.8 Å². The van der Waals surface area contributed by atoms with Gasteiger partial charge in [0.1, 0.15) is 0 Å². The summed E-state index contributed by atoms with van der Waals surface area (Å²) < 4.78 is 0. The van der Waals surface area contributed by atoms with Gasteiger partial charge in [0, 0.05) is 0 Å². The molecule has 3 unspecified atom stereocenters. The second-order valence-electron chi connectivity index (χ2n) is 13.8. The van der Waals surface area contributed by atoms with Gasteiger partial charge < -0.3 is 0 Å². The average molecular weight is 527 g/mol. The quantitative estimate of drug-likeness (QED) is 0.363. The summed E-state index contributed by atoms with van der Waals surface area (Å²) in [6, 6.07) is 18.9. The van der Waals surface area contributed by atoms with E-state index < -0.39 is 0 Å². The van der Waals surface area contributed by atoms with Crippen molar-refractivity contribution in [2.45, 2.75) is 118 Å². The Morgan fingerprint density at radius 2 is 1.23 bits per heavy atom. The molecule has 8 rings (SSSR count). The van der Waals surface area contributed by atoms with Crippen LogP contribution in [0, 0.1) is 40.9 Å². The fourth-order valence-electron chi connectivity index (χ4n) is 9.20. The summed E-state index contributed by atoms with van der Waals surface area (Å²) in [5.74, 6) is 6.88. The van der Waals surface area contributed by atoms with Crippen LogP contribution in [0.1, 0.15) is 121 Å². The molecule has 0 heterocycles. The lowest BCUT2D eigenvalue weighted by atomic mass is 9.49. The van der Waals surface area contributed by atoms with E-state index in [2.05, 4.69) is 82.8 Å². The summed E-state index contributed by atoms with van der Waals surface area (Å²) in [6.07, 6.45) is 22.9. The molecule has 2 aromatic rings. The first-order chi connectivity index (χ1) is 19.0. The van der Waals surface area contributed by atoms with Crippen LogP contribution in [-0.4, -0.2) is 0 Å². The SMILES string of the molecule is C=Cc1ccc(CC)cc1.CCC12CC3CC(CC(C3)C1)C2.CCC1CC2CCC1C2.CCc1ccccc1. The van der Waals surface area contributed by atoms with Crippen molar-refractivity contribution in [2.75, 3.05) is 0 Å². The van der Waals surface area contributed by atoms with E-state index in [9.17, 15) is 0 Å². The standard InChI is InChI=1S/C12H20.C10H12.C9H16.C8H10/c1-2-12-6-9-3-10(7-12)5-11(4-9)8-12;1-3-9-5-7-10(4-2)8-6-9;1-2-8-5-7-3-4-9(8)6-7;1-2-8-6-4-3-5-7-8/h9-11H,2-8H2,1H3;3,5-8H,1,4H2,2H3;7-9H,2-6H2,1H3;3-7H,2H2,1H3. The molecular weight excluding hydrogens is 468 g/mol. The number of benzene rings is 2. The monoisotopic (exact) mass is 526 g/mol. The van der Waals surface area contributed by atoms with Crippen LogP contribution in [0.5, 0.6) is 0 Å². The molecule has 0 aliphatic heterocycles. The third kappa shape index (κ3) is 8.34. The Bertz CT molecular complexity index is 932. The van der Waals surface area contributed by atoms with Crippen LogP contribution in [0.2, 0.25) is 0 Å². The fourth-order valence-corrected chi connectivity index (χ4v) is 9.20. The first-order valence-electron chi connectivity index (χ1n) is 16.7. The van der Waals surface area contributed by atoms with E-state index >= 15 is 0 Å². The first-order valence-corrected chi connectivity index (χ1v) is 16.7. The van der Waals surface area contributed by atoms with Crippen LogP contribution in [0.25, 0.3) is 6.08 Å². The molecule has 0 saturated heterocycles. The molecule has 3 atom stereocenters. The first kappa shape index (κ1) is 30.1. The van der Waals surface area contributed by atoms with Crippen LogP contribution >= 0.6 is 0 Å². The van der Waals surface area contributed by atoms with Crippen LogP contribution in [0.15, 0.2) is 61.2 Å². The molecule has 0 nitrogen and oxygen atoms in total. The van der Waals surface area contributed by atoms with Crippen LogP contribution < -0.4 is 0 Å². The second-order valence-corrected chi connectivity index (χ2v) is 13.8. The molecule has 2 aromatic carbocycles. The van der Waals surface area contributed by atoms with E-state index in [0.29, 0.717) is 0 Å². The largest absolute Gasteiger partial charge is 0.0985 e. The molecule has 6 bridgehead atoms. The minimum atomic E-state index is 0.842. The topological polar surface area (TPSA) is 0 Å². The van der Waals surface area contributed by atoms with Crippen molar-refractivity contribution in [2.24, 2.45) is 40.9 Å². The lowest BCUT2D eigenvalue weighted by molar-refractivity contribution is -0.0545. The normalized spacial score (nSPS) is 32.7. The predicted molar refractivity (Wildman–Crippen MR) is 172 cm³/mol. The molecule has 6 fully saturated rings. The van der Waals surface area contributed by atoms with Crippen molar-refractivity contribution in [1.29, 1.82) is 0 Å². The van der Waals surface area contributed by atoms with Gasteiger partial charge in [-0.15, -0.1) is 0 Å². The molecule has 6 aliphatic carbocycles. The summed E-state index contributed by atoms with van der Waals surface area (Å²) >= 11 is 0. The molecular formula is C39H58. The summed E-state index contributed by atoms with van der Waals surface area (Å²) in [4.78, 5) is 0. The number of fused-ring (bicyclic) bond motifs is 2. The minimum Gasteiger partial charge on any atom is -0.0985 e. The highest BCUT2D eigenvalue weighted by Crippen LogP contribution is 2.61. The van der Waals surface area contributed by atoms with Gasteiger partial charge in [0.2, 0.25) is 0 Å². The van der Waals surface area contributed by atoms with E-state index in [1.807, 2.05) is 12.1 Å². The zero-order valence-electron chi connectivity index (χ0n) is 25.8. The highest BCUT2D eigenvalue weighted by molar-refractivity contribution is 5.47. The number of hydrogen-bond donors (Lipinski definition) is 0. The third-order valence-electron chi connectivity index (χ3n) is 11.2. The van der Waals surface area contributed by atoms with Gasteiger partial charge in [0.05, 0.1) is 0 Å². The van der Waals surface area contributed by atoms with E-state index in [4.69, 9.17) is 0 Å². The van der Waals surface area contributed by atoms with Crippen molar-refractivity contribution in [3.8, 4) is 0 Å². The number of hydrogen-bond acceptors (Lipinski definition) is 0. The van der Waals surface area contributed by atoms with Gasteiger partial charge in [-0.25, -0.2) is 0 Å². The van der Waals surface area contributed by atoms with Crippen LogP contribution in [0.4, 0.5) is 0 Å². The van der Waals surface area contributed by atoms with Crippen molar-refractivity contribution in [3.63, 3.8) is 0 Å². The Morgan fingerprint density at radius 3 is 1.59 bits per heavy atom. The second kappa shape index (κ2) is 14.7. The molecule has 0 N–H and O–H groups in total. The van der Waals surface area contributed by atoms with Crippen molar-refractivity contribution in [1.82, 2.24) is 0 Å². The molecule has 6 saturated carbocycles.